The predicted octanol–water partition coefficient (Wildman–Crippen LogP) is 3.41. The molecule has 0 amide bonds. The van der Waals surface area contributed by atoms with Gasteiger partial charge in [0.25, 0.3) is 0 Å². The van der Waals surface area contributed by atoms with Gasteiger partial charge in [0.05, 0.1) is 13.3 Å². The molecule has 0 aromatic heterocycles. The van der Waals surface area contributed by atoms with Gasteiger partial charge in [-0.25, -0.2) is 0 Å². The van der Waals surface area contributed by atoms with E-state index in [1.54, 1.807) is 0 Å². The van der Waals surface area contributed by atoms with E-state index < -0.39 is 0 Å². The van der Waals surface area contributed by atoms with Gasteiger partial charge in [0.1, 0.15) is 5.75 Å². The summed E-state index contributed by atoms with van der Waals surface area (Å²) >= 11 is 0. The number of piperidine rings is 1. The highest BCUT2D eigenvalue weighted by Crippen LogP contribution is 2.16. The van der Waals surface area contributed by atoms with Gasteiger partial charge in [-0.15, -0.1) is 0 Å². The second-order valence-corrected chi connectivity index (χ2v) is 4.87. The smallest absolute Gasteiger partial charge is 0.119 e. The summed E-state index contributed by atoms with van der Waals surface area (Å²) in [7, 11) is 0. The van der Waals surface area contributed by atoms with Gasteiger partial charge < -0.3 is 4.74 Å². The first-order chi connectivity index (χ1) is 8.88. The molecule has 1 aromatic carbocycles. The van der Waals surface area contributed by atoms with Crippen molar-refractivity contribution in [3.05, 3.63) is 29.8 Å². The Morgan fingerprint density at radius 1 is 1.06 bits per heavy atom. The Morgan fingerprint density at radius 2 is 1.78 bits per heavy atom. The topological polar surface area (TPSA) is 12.5 Å². The van der Waals surface area contributed by atoms with Crippen molar-refractivity contribution in [2.24, 2.45) is 0 Å². The van der Waals surface area contributed by atoms with Gasteiger partial charge in [-0.05, 0) is 43.6 Å². The van der Waals surface area contributed by atoms with E-state index in [-0.39, 0.29) is 6.67 Å². The SMILES string of the molecule is FCCCOc1ccc(CN2CCCCC2)cc1. The van der Waals surface area contributed by atoms with Crippen LogP contribution in [0.5, 0.6) is 5.75 Å². The van der Waals surface area contributed by atoms with Crippen LogP contribution < -0.4 is 4.74 Å². The number of benzene rings is 1. The predicted molar refractivity (Wildman–Crippen MR) is 71.7 cm³/mol. The van der Waals surface area contributed by atoms with Crippen molar-refractivity contribution in [2.45, 2.75) is 32.2 Å². The molecule has 2 rings (SSSR count). The summed E-state index contributed by atoms with van der Waals surface area (Å²) in [5.41, 5.74) is 1.33. The number of halogens is 1. The minimum Gasteiger partial charge on any atom is -0.494 e. The van der Waals surface area contributed by atoms with E-state index >= 15 is 0 Å². The highest BCUT2D eigenvalue weighted by molar-refractivity contribution is 5.27. The zero-order valence-electron chi connectivity index (χ0n) is 10.9. The molecule has 1 saturated heterocycles. The average Bonchev–Trinajstić information content (AvgIpc) is 2.42. The summed E-state index contributed by atoms with van der Waals surface area (Å²) < 4.78 is 17.4. The largest absolute Gasteiger partial charge is 0.494 e. The fourth-order valence-corrected chi connectivity index (χ4v) is 2.31. The maximum Gasteiger partial charge on any atom is 0.119 e. The minimum absolute atomic E-state index is 0.312. The van der Waals surface area contributed by atoms with Crippen LogP contribution in [-0.2, 0) is 6.54 Å². The van der Waals surface area contributed by atoms with Crippen LogP contribution in [0.2, 0.25) is 0 Å². The molecule has 1 fully saturated rings. The second-order valence-electron chi connectivity index (χ2n) is 4.87. The Kier molecular flexibility index (Phi) is 5.46. The van der Waals surface area contributed by atoms with Crippen molar-refractivity contribution in [3.8, 4) is 5.75 Å². The zero-order chi connectivity index (χ0) is 12.6. The fourth-order valence-electron chi connectivity index (χ4n) is 2.31. The Morgan fingerprint density at radius 3 is 2.44 bits per heavy atom. The molecule has 18 heavy (non-hydrogen) atoms. The van der Waals surface area contributed by atoms with E-state index in [1.165, 1.54) is 37.9 Å². The summed E-state index contributed by atoms with van der Waals surface area (Å²) in [6, 6.07) is 8.19. The first-order valence-corrected chi connectivity index (χ1v) is 6.88. The quantitative estimate of drug-likeness (QED) is 0.718. The maximum absolute atomic E-state index is 11.9. The van der Waals surface area contributed by atoms with Crippen molar-refractivity contribution in [1.29, 1.82) is 0 Å². The zero-order valence-corrected chi connectivity index (χ0v) is 10.9. The molecular formula is C15H22FNO. The van der Waals surface area contributed by atoms with Gasteiger partial charge in [0.2, 0.25) is 0 Å². The standard InChI is InChI=1S/C15H22FNO/c16-9-4-12-18-15-7-5-14(6-8-15)13-17-10-2-1-3-11-17/h5-8H,1-4,9-13H2. The summed E-state index contributed by atoms with van der Waals surface area (Å²) in [6.45, 7) is 3.61. The number of ether oxygens (including phenoxy) is 1. The molecule has 1 heterocycles. The van der Waals surface area contributed by atoms with Crippen molar-refractivity contribution >= 4 is 0 Å². The lowest BCUT2D eigenvalue weighted by Crippen LogP contribution is -2.28. The molecule has 0 aliphatic carbocycles. The van der Waals surface area contributed by atoms with E-state index in [0.29, 0.717) is 13.0 Å². The van der Waals surface area contributed by atoms with Crippen LogP contribution in [0.3, 0.4) is 0 Å². The third kappa shape index (κ3) is 4.30. The molecule has 100 valence electrons. The van der Waals surface area contributed by atoms with Crippen molar-refractivity contribution in [1.82, 2.24) is 4.90 Å². The van der Waals surface area contributed by atoms with Gasteiger partial charge in [-0.3, -0.25) is 9.29 Å². The van der Waals surface area contributed by atoms with Crippen molar-refractivity contribution < 1.29 is 9.13 Å². The maximum atomic E-state index is 11.9. The molecular weight excluding hydrogens is 229 g/mol. The molecule has 0 bridgehead atoms. The van der Waals surface area contributed by atoms with E-state index in [1.807, 2.05) is 12.1 Å². The molecule has 2 nitrogen and oxygen atoms in total. The minimum atomic E-state index is -0.312. The van der Waals surface area contributed by atoms with Crippen LogP contribution in [0.15, 0.2) is 24.3 Å². The summed E-state index contributed by atoms with van der Waals surface area (Å²) in [4.78, 5) is 2.50. The van der Waals surface area contributed by atoms with Crippen LogP contribution in [0.25, 0.3) is 0 Å². The number of likely N-dealkylation sites (tertiary alicyclic amines) is 1. The third-order valence-electron chi connectivity index (χ3n) is 3.32. The number of alkyl halides is 1. The van der Waals surface area contributed by atoms with Crippen LogP contribution in [-0.4, -0.2) is 31.3 Å². The highest BCUT2D eigenvalue weighted by Gasteiger charge is 2.10. The number of rotatable bonds is 6. The van der Waals surface area contributed by atoms with Gasteiger partial charge in [0, 0.05) is 13.0 Å². The molecule has 0 N–H and O–H groups in total. The van der Waals surface area contributed by atoms with Gasteiger partial charge >= 0.3 is 0 Å². The fraction of sp³-hybridized carbons (Fsp3) is 0.600. The third-order valence-corrected chi connectivity index (χ3v) is 3.32. The van der Waals surface area contributed by atoms with Crippen LogP contribution >= 0.6 is 0 Å². The summed E-state index contributed by atoms with van der Waals surface area (Å²) in [5.74, 6) is 0.839. The molecule has 0 atom stereocenters. The lowest BCUT2D eigenvalue weighted by molar-refractivity contribution is 0.221. The Bertz CT molecular complexity index is 333. The number of hydrogen-bond acceptors (Lipinski definition) is 2. The lowest BCUT2D eigenvalue weighted by Gasteiger charge is -2.26. The monoisotopic (exact) mass is 251 g/mol. The molecule has 1 aromatic rings. The van der Waals surface area contributed by atoms with Gasteiger partial charge in [-0.2, -0.15) is 0 Å². The average molecular weight is 251 g/mol. The first kappa shape index (κ1) is 13.3. The molecule has 3 heteroatoms. The Labute approximate surface area is 109 Å². The molecule has 0 spiro atoms. The summed E-state index contributed by atoms with van der Waals surface area (Å²) in [5, 5.41) is 0. The molecule has 1 aliphatic heterocycles. The molecule has 0 saturated carbocycles. The normalized spacial score (nSPS) is 16.7. The van der Waals surface area contributed by atoms with Crippen LogP contribution in [0.1, 0.15) is 31.2 Å². The van der Waals surface area contributed by atoms with Crippen molar-refractivity contribution in [3.63, 3.8) is 0 Å². The Hall–Kier alpha value is -1.09. The molecule has 0 radical (unpaired) electrons. The second kappa shape index (κ2) is 7.37. The van der Waals surface area contributed by atoms with Gasteiger partial charge in [0.15, 0.2) is 0 Å². The number of hydrogen-bond donors (Lipinski definition) is 0. The summed E-state index contributed by atoms with van der Waals surface area (Å²) in [6.07, 6.45) is 4.49. The van der Waals surface area contributed by atoms with Gasteiger partial charge in [-0.1, -0.05) is 18.6 Å². The lowest BCUT2D eigenvalue weighted by atomic mass is 10.1. The highest BCUT2D eigenvalue weighted by atomic mass is 19.1. The van der Waals surface area contributed by atoms with E-state index in [4.69, 9.17) is 4.74 Å². The van der Waals surface area contributed by atoms with Crippen LogP contribution in [0, 0.1) is 0 Å². The van der Waals surface area contributed by atoms with E-state index in [2.05, 4.69) is 17.0 Å². The van der Waals surface area contributed by atoms with Crippen molar-refractivity contribution in [2.75, 3.05) is 26.4 Å². The Balaban J connectivity index is 1.79. The van der Waals surface area contributed by atoms with E-state index in [0.717, 1.165) is 12.3 Å². The van der Waals surface area contributed by atoms with E-state index in [9.17, 15) is 4.39 Å². The van der Waals surface area contributed by atoms with Crippen LogP contribution in [0.4, 0.5) is 4.39 Å². The number of nitrogens with zero attached hydrogens (tertiary/aromatic N) is 1. The molecule has 1 aliphatic rings. The molecule has 0 unspecified atom stereocenters. The first-order valence-electron chi connectivity index (χ1n) is 6.88.